The fourth-order valence-electron chi connectivity index (χ4n) is 6.49. The fraction of sp³-hybridized carbons (Fsp3) is 0.448. The molecule has 0 bridgehead atoms. The Kier molecular flexibility index (Phi) is 7.91. The lowest BCUT2D eigenvalue weighted by Crippen LogP contribution is -2.65. The topological polar surface area (TPSA) is 190 Å². The summed E-state index contributed by atoms with van der Waals surface area (Å²) in [6.07, 6.45) is 0.251. The van der Waals surface area contributed by atoms with Gasteiger partial charge in [0.2, 0.25) is 5.78 Å². The fourth-order valence-corrected chi connectivity index (χ4v) is 7.17. The zero-order valence-electron chi connectivity index (χ0n) is 23.3. The van der Waals surface area contributed by atoms with E-state index in [0.717, 1.165) is 5.69 Å². The number of carbonyl (C=O) groups is 3. The van der Waals surface area contributed by atoms with Gasteiger partial charge in [0.1, 0.15) is 22.8 Å². The van der Waals surface area contributed by atoms with Crippen molar-refractivity contribution in [3.63, 3.8) is 0 Å². The first-order valence-electron chi connectivity index (χ1n) is 13.1. The second kappa shape index (κ2) is 10.7. The lowest BCUT2D eigenvalue weighted by atomic mass is 9.57. The van der Waals surface area contributed by atoms with E-state index in [1.165, 1.54) is 16.2 Å². The van der Waals surface area contributed by atoms with Crippen LogP contribution in [0.3, 0.4) is 0 Å². The van der Waals surface area contributed by atoms with E-state index in [1.54, 1.807) is 20.2 Å². The number of benzene rings is 1. The second-order valence-corrected chi connectivity index (χ2v) is 12.1. The molecule has 13 heteroatoms. The summed E-state index contributed by atoms with van der Waals surface area (Å²) in [5, 5.41) is 51.5. The third-order valence-electron chi connectivity index (χ3n) is 8.31. The van der Waals surface area contributed by atoms with Gasteiger partial charge in [-0.3, -0.25) is 19.3 Å². The number of hydrogen-bond donors (Lipinski definition) is 6. The van der Waals surface area contributed by atoms with Crippen LogP contribution in [0.1, 0.15) is 36.2 Å². The van der Waals surface area contributed by atoms with E-state index < -0.39 is 58.0 Å². The van der Waals surface area contributed by atoms with Gasteiger partial charge in [-0.05, 0) is 51.4 Å². The average molecular weight is 600 g/mol. The van der Waals surface area contributed by atoms with Crippen LogP contribution in [0.4, 0.5) is 10.8 Å². The van der Waals surface area contributed by atoms with E-state index >= 15 is 0 Å². The van der Waals surface area contributed by atoms with E-state index in [0.29, 0.717) is 21.9 Å². The molecule has 0 spiro atoms. The zero-order valence-corrected chi connectivity index (χ0v) is 24.2. The average Bonchev–Trinajstić information content (AvgIpc) is 3.30. The number of aryl methyl sites for hydroxylation is 1. The Hall–Kier alpha value is -3.94. The molecule has 3 aliphatic rings. The number of ketones is 2. The number of likely N-dealkylation sites (N-methyl/N-ethyl adjacent to an activating group) is 1. The molecular formula is C29H37N5O7S. The normalized spacial score (nSPS) is 25.1. The molecule has 1 heterocycles. The van der Waals surface area contributed by atoms with Gasteiger partial charge in [-0.1, -0.05) is 7.43 Å². The van der Waals surface area contributed by atoms with Gasteiger partial charge < -0.3 is 36.4 Å². The number of aliphatic hydroxyl groups is 3. The van der Waals surface area contributed by atoms with Crippen LogP contribution >= 0.6 is 11.3 Å². The van der Waals surface area contributed by atoms with Gasteiger partial charge in [-0.25, -0.2) is 4.98 Å². The third-order valence-corrected chi connectivity index (χ3v) is 9.22. The first kappa shape index (κ1) is 31.0. The molecule has 0 aliphatic heterocycles. The second-order valence-electron chi connectivity index (χ2n) is 11.3. The lowest BCUT2D eigenvalue weighted by Gasteiger charge is -2.50. The molecule has 42 heavy (non-hydrogen) atoms. The molecule has 1 aromatic carbocycles. The molecule has 0 radical (unpaired) electrons. The number of phenolic OH excluding ortho intramolecular Hbond substituents is 1. The van der Waals surface area contributed by atoms with Crippen LogP contribution in [0.5, 0.6) is 5.75 Å². The highest BCUT2D eigenvalue weighted by atomic mass is 32.1. The summed E-state index contributed by atoms with van der Waals surface area (Å²) in [5.74, 6) is -6.72. The van der Waals surface area contributed by atoms with Crippen molar-refractivity contribution in [3.8, 4) is 5.75 Å². The molecule has 1 amide bonds. The number of aromatic nitrogens is 1. The van der Waals surface area contributed by atoms with Gasteiger partial charge in [0.25, 0.3) is 5.91 Å². The van der Waals surface area contributed by atoms with Crippen LogP contribution in [0.15, 0.2) is 28.4 Å². The van der Waals surface area contributed by atoms with Crippen molar-refractivity contribution in [2.24, 2.45) is 17.6 Å². The lowest BCUT2D eigenvalue weighted by molar-refractivity contribution is -0.153. The molecule has 1 unspecified atom stereocenters. The maximum atomic E-state index is 14.1. The number of carbonyl (C=O) groups excluding carboxylic acids is 3. The maximum Gasteiger partial charge on any atom is 0.255 e. The first-order chi connectivity index (χ1) is 19.2. The van der Waals surface area contributed by atoms with Gasteiger partial charge in [0.05, 0.1) is 17.3 Å². The number of rotatable bonds is 6. The highest BCUT2D eigenvalue weighted by Crippen LogP contribution is 2.54. The summed E-state index contributed by atoms with van der Waals surface area (Å²) in [7, 11) is 6.78. The molecule has 1 saturated carbocycles. The number of nitrogens with one attached hydrogen (secondary N) is 1. The molecule has 3 aliphatic carbocycles. The summed E-state index contributed by atoms with van der Waals surface area (Å²) in [6.45, 7) is 2.04. The summed E-state index contributed by atoms with van der Waals surface area (Å²) in [6, 6.07) is 0.679. The number of fused-ring (bicyclic) bond motifs is 3. The minimum Gasteiger partial charge on any atom is -0.508 e. The van der Waals surface area contributed by atoms with E-state index in [4.69, 9.17) is 5.73 Å². The standard InChI is InChI=1S/C28H33N5O7S.CH4/c1-11-10-41-27(31-11)30-9-13-8-16(32(2)3)14-6-12-7-15-20(33(4)5)23(36)19(26(29)39)25(38)28(15,40)24(37)17(12)22(35)18(14)21(13)34;/h8,10,12,15,20,34-35,38,40H,6-7,9H2,1-5H3,(H2,29,39)(H,30,31);1H4/t12-,15-,20?,28-;/m0./s1. The van der Waals surface area contributed by atoms with Gasteiger partial charge >= 0.3 is 0 Å². The largest absolute Gasteiger partial charge is 0.508 e. The Labute approximate surface area is 247 Å². The van der Waals surface area contributed by atoms with Gasteiger partial charge in [-0.15, -0.1) is 11.3 Å². The number of nitrogens with two attached hydrogens (primary N) is 1. The smallest absolute Gasteiger partial charge is 0.255 e. The van der Waals surface area contributed by atoms with Gasteiger partial charge in [0, 0.05) is 48.8 Å². The van der Waals surface area contributed by atoms with Crippen molar-refractivity contribution in [1.29, 1.82) is 0 Å². The predicted molar refractivity (Wildman–Crippen MR) is 159 cm³/mol. The van der Waals surface area contributed by atoms with Crippen molar-refractivity contribution in [1.82, 2.24) is 9.88 Å². The Morgan fingerprint density at radius 2 is 1.88 bits per heavy atom. The minimum absolute atomic E-state index is 0. The molecule has 2 aromatic rings. The van der Waals surface area contributed by atoms with Crippen LogP contribution in [0.2, 0.25) is 0 Å². The number of primary amides is 1. The van der Waals surface area contributed by atoms with Gasteiger partial charge in [0.15, 0.2) is 16.5 Å². The van der Waals surface area contributed by atoms with Crippen molar-refractivity contribution < 1.29 is 34.8 Å². The maximum absolute atomic E-state index is 14.1. The molecule has 5 rings (SSSR count). The molecule has 7 N–H and O–H groups in total. The van der Waals surface area contributed by atoms with E-state index in [1.807, 2.05) is 31.3 Å². The first-order valence-corrected chi connectivity index (χ1v) is 13.9. The van der Waals surface area contributed by atoms with Crippen molar-refractivity contribution >= 4 is 45.4 Å². The summed E-state index contributed by atoms with van der Waals surface area (Å²) < 4.78 is 0. The number of aromatic hydroxyl groups is 1. The zero-order chi connectivity index (χ0) is 30.1. The summed E-state index contributed by atoms with van der Waals surface area (Å²) >= 11 is 1.41. The van der Waals surface area contributed by atoms with Crippen LogP contribution in [0.25, 0.3) is 5.76 Å². The molecular weight excluding hydrogens is 562 g/mol. The molecule has 226 valence electrons. The SMILES string of the molecule is C.Cc1csc(NCc2cc(N(C)C)c3c(c2O)C(O)=C2C(=O)[C@]4(O)C(O)=C(C(N)=O)C(=O)C(N(C)C)[C@@H]4C[C@@H]2C3)n1. The highest BCUT2D eigenvalue weighted by Gasteiger charge is 2.64. The van der Waals surface area contributed by atoms with Crippen LogP contribution in [-0.4, -0.2) is 87.6 Å². The number of aliphatic hydroxyl groups excluding tert-OH is 2. The molecule has 4 atom stereocenters. The van der Waals surface area contributed by atoms with Crippen molar-refractivity contribution in [2.75, 3.05) is 38.4 Å². The number of hydrogen-bond acceptors (Lipinski definition) is 12. The van der Waals surface area contributed by atoms with E-state index in [2.05, 4.69) is 10.3 Å². The number of Topliss-reactive ketones (excluding diaryl/α,β-unsaturated/α-hetero) is 2. The number of amides is 1. The molecule has 0 saturated heterocycles. The quantitative estimate of drug-likeness (QED) is 0.267. The Balaban J connectivity index is 0.00000405. The van der Waals surface area contributed by atoms with Crippen LogP contribution in [-0.2, 0) is 27.3 Å². The Morgan fingerprint density at radius 1 is 1.21 bits per heavy atom. The highest BCUT2D eigenvalue weighted by molar-refractivity contribution is 7.13. The predicted octanol–water partition coefficient (Wildman–Crippen LogP) is 2.04. The van der Waals surface area contributed by atoms with Gasteiger partial charge in [-0.2, -0.15) is 0 Å². The van der Waals surface area contributed by atoms with E-state index in [9.17, 15) is 34.8 Å². The molecule has 1 fully saturated rings. The Bertz CT molecular complexity index is 1560. The van der Waals surface area contributed by atoms with Crippen molar-refractivity contribution in [3.05, 3.63) is 50.7 Å². The molecule has 12 nitrogen and oxygen atoms in total. The summed E-state index contributed by atoms with van der Waals surface area (Å²) in [4.78, 5) is 47.2. The minimum atomic E-state index is -2.67. The number of anilines is 2. The number of phenols is 1. The molecule has 1 aromatic heterocycles. The van der Waals surface area contributed by atoms with E-state index in [-0.39, 0.29) is 43.7 Å². The van der Waals surface area contributed by atoms with Crippen LogP contribution in [0, 0.1) is 18.8 Å². The number of thiazole rings is 1. The number of nitrogens with zero attached hydrogens (tertiary/aromatic N) is 3. The summed E-state index contributed by atoms with van der Waals surface area (Å²) in [5.41, 5.74) is 4.36. The third kappa shape index (κ3) is 4.43. The monoisotopic (exact) mass is 599 g/mol. The Morgan fingerprint density at radius 3 is 2.43 bits per heavy atom. The van der Waals surface area contributed by atoms with Crippen molar-refractivity contribution in [2.45, 2.75) is 45.4 Å². The van der Waals surface area contributed by atoms with Crippen LogP contribution < -0.4 is 16.0 Å².